The molecular formula is C10H13NO2S. The molecule has 1 rings (SSSR count). The van der Waals surface area contributed by atoms with Crippen molar-refractivity contribution in [1.29, 1.82) is 0 Å². The van der Waals surface area contributed by atoms with Crippen LogP contribution in [-0.2, 0) is 10.0 Å². The summed E-state index contributed by atoms with van der Waals surface area (Å²) < 4.78 is 25.4. The van der Waals surface area contributed by atoms with Crippen LogP contribution in [0.1, 0.15) is 12.5 Å². The first-order chi connectivity index (χ1) is 6.56. The summed E-state index contributed by atoms with van der Waals surface area (Å²) in [6.07, 6.45) is 3.03. The molecule has 0 heterocycles. The predicted octanol–water partition coefficient (Wildman–Crippen LogP) is 1.81. The van der Waals surface area contributed by atoms with Gasteiger partial charge in [0.25, 0.3) is 10.0 Å². The normalized spacial score (nSPS) is 11.9. The number of allylic oxidation sites excluding steroid dienone is 1. The van der Waals surface area contributed by atoms with E-state index in [9.17, 15) is 8.42 Å². The molecule has 76 valence electrons. The Morgan fingerprint density at radius 2 is 1.79 bits per heavy atom. The van der Waals surface area contributed by atoms with Crippen LogP contribution >= 0.6 is 0 Å². The van der Waals surface area contributed by atoms with Crippen molar-refractivity contribution in [1.82, 2.24) is 4.72 Å². The zero-order valence-corrected chi connectivity index (χ0v) is 9.01. The number of rotatable bonds is 3. The molecule has 0 saturated carbocycles. The van der Waals surface area contributed by atoms with E-state index in [-0.39, 0.29) is 4.90 Å². The average molecular weight is 211 g/mol. The largest absolute Gasteiger partial charge is 0.287 e. The molecule has 0 aliphatic heterocycles. The van der Waals surface area contributed by atoms with Gasteiger partial charge in [-0.25, -0.2) is 8.42 Å². The lowest BCUT2D eigenvalue weighted by molar-refractivity contribution is 0.590. The summed E-state index contributed by atoms with van der Waals surface area (Å²) in [4.78, 5) is 0.279. The van der Waals surface area contributed by atoms with Crippen LogP contribution in [0, 0.1) is 6.92 Å². The standard InChI is InChI=1S/C10H13NO2S/c1-3-8-11-14(12,13)10-6-4-9(2)5-7-10/h3-8,11H,1-2H3/b8-3+. The SMILES string of the molecule is C/C=C/NS(=O)(=O)c1ccc(C)cc1. The Morgan fingerprint density at radius 1 is 1.21 bits per heavy atom. The lowest BCUT2D eigenvalue weighted by Crippen LogP contribution is -2.17. The summed E-state index contributed by atoms with van der Waals surface area (Å²) in [5.41, 5.74) is 1.04. The maximum atomic E-state index is 11.5. The van der Waals surface area contributed by atoms with Crippen LogP contribution in [-0.4, -0.2) is 8.42 Å². The molecule has 0 aliphatic rings. The highest BCUT2D eigenvalue weighted by atomic mass is 32.2. The lowest BCUT2D eigenvalue weighted by atomic mass is 10.2. The van der Waals surface area contributed by atoms with Crippen LogP contribution in [0.5, 0.6) is 0 Å². The average Bonchev–Trinajstić information content (AvgIpc) is 2.16. The Kier molecular flexibility index (Phi) is 3.30. The van der Waals surface area contributed by atoms with Crippen LogP contribution in [0.2, 0.25) is 0 Å². The lowest BCUT2D eigenvalue weighted by Gasteiger charge is -2.03. The molecule has 0 fully saturated rings. The number of benzene rings is 1. The third kappa shape index (κ3) is 2.60. The molecule has 0 aliphatic carbocycles. The summed E-state index contributed by atoms with van der Waals surface area (Å²) in [7, 11) is -3.38. The molecule has 0 radical (unpaired) electrons. The molecule has 1 N–H and O–H groups in total. The maximum absolute atomic E-state index is 11.5. The first-order valence-electron chi connectivity index (χ1n) is 4.26. The minimum Gasteiger partial charge on any atom is -0.287 e. The highest BCUT2D eigenvalue weighted by Gasteiger charge is 2.10. The highest BCUT2D eigenvalue weighted by Crippen LogP contribution is 2.09. The Bertz CT molecular complexity index is 418. The molecule has 0 amide bonds. The van der Waals surface area contributed by atoms with Gasteiger partial charge in [-0.3, -0.25) is 4.72 Å². The van der Waals surface area contributed by atoms with Crippen molar-refractivity contribution in [3.05, 3.63) is 42.1 Å². The van der Waals surface area contributed by atoms with Crippen molar-refractivity contribution in [2.24, 2.45) is 0 Å². The van der Waals surface area contributed by atoms with Crippen molar-refractivity contribution < 1.29 is 8.42 Å². The smallest absolute Gasteiger partial charge is 0.261 e. The summed E-state index contributed by atoms with van der Waals surface area (Å²) in [6.45, 7) is 3.66. The minimum absolute atomic E-state index is 0.279. The maximum Gasteiger partial charge on any atom is 0.261 e. The molecule has 3 nitrogen and oxygen atoms in total. The topological polar surface area (TPSA) is 46.2 Å². The Morgan fingerprint density at radius 3 is 2.29 bits per heavy atom. The van der Waals surface area contributed by atoms with Gasteiger partial charge in [-0.2, -0.15) is 0 Å². The van der Waals surface area contributed by atoms with Gasteiger partial charge in [0.2, 0.25) is 0 Å². The zero-order chi connectivity index (χ0) is 10.6. The first-order valence-corrected chi connectivity index (χ1v) is 5.75. The fraction of sp³-hybridized carbons (Fsp3) is 0.200. The fourth-order valence-corrected chi connectivity index (χ4v) is 1.89. The Hall–Kier alpha value is -1.29. The van der Waals surface area contributed by atoms with Gasteiger partial charge in [0.15, 0.2) is 0 Å². The van der Waals surface area contributed by atoms with Crippen molar-refractivity contribution >= 4 is 10.0 Å². The van der Waals surface area contributed by atoms with Gasteiger partial charge in [-0.05, 0) is 26.0 Å². The number of nitrogens with one attached hydrogen (secondary N) is 1. The van der Waals surface area contributed by atoms with Gasteiger partial charge in [0.05, 0.1) is 4.90 Å². The van der Waals surface area contributed by atoms with E-state index < -0.39 is 10.0 Å². The molecule has 0 spiro atoms. The van der Waals surface area contributed by atoms with E-state index in [1.807, 2.05) is 6.92 Å². The molecule has 14 heavy (non-hydrogen) atoms. The first kappa shape index (κ1) is 10.8. The van der Waals surface area contributed by atoms with Gasteiger partial charge in [0.1, 0.15) is 0 Å². The van der Waals surface area contributed by atoms with Crippen LogP contribution in [0.15, 0.2) is 41.4 Å². The van der Waals surface area contributed by atoms with E-state index in [2.05, 4.69) is 4.72 Å². The highest BCUT2D eigenvalue weighted by molar-refractivity contribution is 7.89. The molecule has 1 aromatic rings. The van der Waals surface area contributed by atoms with E-state index >= 15 is 0 Å². The molecule has 4 heteroatoms. The third-order valence-electron chi connectivity index (χ3n) is 1.72. The second-order valence-corrected chi connectivity index (χ2v) is 4.65. The van der Waals surface area contributed by atoms with E-state index in [1.165, 1.54) is 6.20 Å². The molecule has 0 saturated heterocycles. The molecule has 0 bridgehead atoms. The Labute approximate surface area is 84.5 Å². The Balaban J connectivity index is 2.99. The van der Waals surface area contributed by atoms with Gasteiger partial charge < -0.3 is 0 Å². The summed E-state index contributed by atoms with van der Waals surface area (Å²) in [5, 5.41) is 0. The summed E-state index contributed by atoms with van der Waals surface area (Å²) >= 11 is 0. The van der Waals surface area contributed by atoms with Crippen molar-refractivity contribution in [2.45, 2.75) is 18.7 Å². The van der Waals surface area contributed by atoms with Crippen LogP contribution in [0.4, 0.5) is 0 Å². The van der Waals surface area contributed by atoms with Gasteiger partial charge in [-0.15, -0.1) is 0 Å². The van der Waals surface area contributed by atoms with Gasteiger partial charge in [-0.1, -0.05) is 23.8 Å². The molecule has 0 unspecified atom stereocenters. The second-order valence-electron chi connectivity index (χ2n) is 2.93. The minimum atomic E-state index is -3.38. The van der Waals surface area contributed by atoms with Gasteiger partial charge >= 0.3 is 0 Å². The zero-order valence-electron chi connectivity index (χ0n) is 8.19. The second kappa shape index (κ2) is 4.28. The molecule has 0 atom stereocenters. The van der Waals surface area contributed by atoms with Crippen LogP contribution in [0.3, 0.4) is 0 Å². The quantitative estimate of drug-likeness (QED) is 0.828. The van der Waals surface area contributed by atoms with Crippen LogP contribution in [0.25, 0.3) is 0 Å². The number of hydrogen-bond donors (Lipinski definition) is 1. The van der Waals surface area contributed by atoms with Crippen molar-refractivity contribution in [3.8, 4) is 0 Å². The van der Waals surface area contributed by atoms with Crippen molar-refractivity contribution in [3.63, 3.8) is 0 Å². The molecular weight excluding hydrogens is 198 g/mol. The molecule has 1 aromatic carbocycles. The van der Waals surface area contributed by atoms with E-state index in [0.717, 1.165) is 5.56 Å². The number of aryl methyl sites for hydroxylation is 1. The monoisotopic (exact) mass is 211 g/mol. The van der Waals surface area contributed by atoms with Crippen molar-refractivity contribution in [2.75, 3.05) is 0 Å². The van der Waals surface area contributed by atoms with E-state index in [0.29, 0.717) is 0 Å². The summed E-state index contributed by atoms with van der Waals surface area (Å²) in [6, 6.07) is 6.71. The third-order valence-corrected chi connectivity index (χ3v) is 3.06. The predicted molar refractivity (Wildman–Crippen MR) is 56.3 cm³/mol. The van der Waals surface area contributed by atoms with E-state index in [4.69, 9.17) is 0 Å². The molecule has 0 aromatic heterocycles. The summed E-state index contributed by atoms with van der Waals surface area (Å²) in [5.74, 6) is 0. The fourth-order valence-electron chi connectivity index (χ4n) is 0.943. The number of sulfonamides is 1. The number of hydrogen-bond acceptors (Lipinski definition) is 2. The van der Waals surface area contributed by atoms with Crippen LogP contribution < -0.4 is 4.72 Å². The van der Waals surface area contributed by atoms with E-state index in [1.54, 1.807) is 37.3 Å². The van der Waals surface area contributed by atoms with Gasteiger partial charge in [0, 0.05) is 6.20 Å².